The second-order valence-electron chi connectivity index (χ2n) is 3.41. The van der Waals surface area contributed by atoms with Gasteiger partial charge in [0, 0.05) is 10.6 Å². The predicted molar refractivity (Wildman–Crippen MR) is 67.8 cm³/mol. The van der Waals surface area contributed by atoms with Crippen LogP contribution in [0.3, 0.4) is 0 Å². The first-order chi connectivity index (χ1) is 9.02. The normalized spacial score (nSPS) is 11.0. The molecule has 0 fully saturated rings. The van der Waals surface area contributed by atoms with Crippen molar-refractivity contribution in [1.82, 2.24) is 9.19 Å². The molecular weight excluding hydrogens is 303 g/mol. The number of nitrogens with two attached hydrogens (primary N) is 1. The van der Waals surface area contributed by atoms with E-state index in [2.05, 4.69) is 9.84 Å². The Labute approximate surface area is 115 Å². The van der Waals surface area contributed by atoms with E-state index in [9.17, 15) is 12.7 Å². The van der Waals surface area contributed by atoms with Crippen LogP contribution in [0, 0.1) is 0 Å². The number of hydrogen-bond donors (Lipinski definition) is 1. The zero-order chi connectivity index (χ0) is 14.0. The molecule has 2 N–H and O–H groups in total. The maximum Gasteiger partial charge on any atom is 0.387 e. The summed E-state index contributed by atoms with van der Waals surface area (Å²) >= 11 is 5.59. The monoisotopic (exact) mass is 309 g/mol. The van der Waals surface area contributed by atoms with Crippen LogP contribution < -0.4 is 10.5 Å². The summed E-state index contributed by atoms with van der Waals surface area (Å²) in [4.78, 5) is 0. The molecule has 0 atom stereocenters. The van der Waals surface area contributed by atoms with E-state index in [4.69, 9.17) is 17.3 Å². The van der Waals surface area contributed by atoms with E-state index in [-0.39, 0.29) is 40.1 Å². The van der Waals surface area contributed by atoms with Gasteiger partial charge in [-0.1, -0.05) is 11.6 Å². The third-order valence-corrected chi connectivity index (χ3v) is 2.89. The maximum absolute atomic E-state index is 12.7. The van der Waals surface area contributed by atoms with Crippen molar-refractivity contribution >= 4 is 29.6 Å². The summed E-state index contributed by atoms with van der Waals surface area (Å²) in [7, 11) is 0. The molecule has 0 spiro atoms. The van der Waals surface area contributed by atoms with E-state index in [0.29, 0.717) is 0 Å². The van der Waals surface area contributed by atoms with Crippen LogP contribution in [-0.4, -0.2) is 15.8 Å². The Morgan fingerprint density at radius 1 is 1.42 bits per heavy atom. The van der Waals surface area contributed by atoms with E-state index in [1.165, 1.54) is 24.4 Å². The van der Waals surface area contributed by atoms with Crippen molar-refractivity contribution in [1.29, 1.82) is 0 Å². The molecule has 0 aliphatic carbocycles. The molecule has 1 aromatic heterocycles. The molecule has 0 aliphatic rings. The summed E-state index contributed by atoms with van der Waals surface area (Å²) < 4.78 is 42.6. The van der Waals surface area contributed by atoms with Crippen molar-refractivity contribution in [3.8, 4) is 17.0 Å². The molecule has 102 valence electrons. The van der Waals surface area contributed by atoms with Crippen LogP contribution in [0.5, 0.6) is 5.75 Å². The Bertz CT molecular complexity index is 593. The third-order valence-electron chi connectivity index (χ3n) is 2.24. The van der Waals surface area contributed by atoms with Crippen molar-refractivity contribution in [2.24, 2.45) is 0 Å². The van der Waals surface area contributed by atoms with Gasteiger partial charge in [-0.25, -0.2) is 0 Å². The summed E-state index contributed by atoms with van der Waals surface area (Å²) in [5.74, 6) is -0.165. The van der Waals surface area contributed by atoms with Crippen LogP contribution in [0.2, 0.25) is 5.02 Å². The fourth-order valence-corrected chi connectivity index (χ4v) is 2.07. The zero-order valence-corrected chi connectivity index (χ0v) is 10.8. The third kappa shape index (κ3) is 2.90. The number of ether oxygens (including phenoxy) is 1. The number of hydrogen-bond acceptors (Lipinski definition) is 4. The van der Waals surface area contributed by atoms with Crippen molar-refractivity contribution in [2.45, 2.75) is 6.61 Å². The largest absolute Gasteiger partial charge is 0.434 e. The summed E-state index contributed by atoms with van der Waals surface area (Å²) in [6.07, 6.45) is 1.20. The number of anilines is 1. The minimum atomic E-state index is -3.02. The Morgan fingerprint density at radius 2 is 2.16 bits per heavy atom. The van der Waals surface area contributed by atoms with Crippen molar-refractivity contribution in [2.75, 3.05) is 5.73 Å². The van der Waals surface area contributed by atoms with Crippen LogP contribution in [0.25, 0.3) is 11.3 Å². The first-order valence-electron chi connectivity index (χ1n) is 4.90. The van der Waals surface area contributed by atoms with E-state index in [1.54, 1.807) is 0 Å². The number of alkyl halides is 2. The van der Waals surface area contributed by atoms with E-state index in [0.717, 1.165) is 4.09 Å². The lowest BCUT2D eigenvalue weighted by Crippen LogP contribution is -2.04. The van der Waals surface area contributed by atoms with Gasteiger partial charge >= 0.3 is 6.61 Å². The van der Waals surface area contributed by atoms with Gasteiger partial charge in [-0.15, -0.1) is 3.89 Å². The van der Waals surface area contributed by atoms with E-state index >= 15 is 0 Å². The standard InChI is InChI=1S/C10H7ClF3N3OS/c11-5-1-2-8(18-10(12)13)6(3-5)9-7(15)4-16-17(9)19-14/h1-4,10H,15H2. The summed E-state index contributed by atoms with van der Waals surface area (Å²) in [5, 5.41) is 3.92. The SMILES string of the molecule is Nc1cnn(SF)c1-c1cc(Cl)ccc1OC(F)F. The highest BCUT2D eigenvalue weighted by molar-refractivity contribution is 7.92. The average molecular weight is 310 g/mol. The number of rotatable bonds is 4. The van der Waals surface area contributed by atoms with E-state index < -0.39 is 6.61 Å². The van der Waals surface area contributed by atoms with Gasteiger partial charge in [0.25, 0.3) is 0 Å². The highest BCUT2D eigenvalue weighted by Crippen LogP contribution is 2.38. The molecule has 2 rings (SSSR count). The Morgan fingerprint density at radius 3 is 2.79 bits per heavy atom. The van der Waals surface area contributed by atoms with Gasteiger partial charge in [-0.3, -0.25) is 0 Å². The molecule has 0 saturated heterocycles. The summed E-state index contributed by atoms with van der Waals surface area (Å²) in [6, 6.07) is 3.98. The average Bonchev–Trinajstić information content (AvgIpc) is 2.72. The lowest BCUT2D eigenvalue weighted by Gasteiger charge is -2.11. The first kappa shape index (κ1) is 13.9. The Kier molecular flexibility index (Phi) is 4.11. The molecule has 0 bridgehead atoms. The quantitative estimate of drug-likeness (QED) is 0.934. The highest BCUT2D eigenvalue weighted by atomic mass is 35.5. The predicted octanol–water partition coefficient (Wildman–Crippen LogP) is 3.77. The Balaban J connectivity index is 2.59. The minimum absolute atomic E-state index is 0.102. The van der Waals surface area contributed by atoms with Gasteiger partial charge in [-0.05, 0) is 18.2 Å². The van der Waals surface area contributed by atoms with Crippen molar-refractivity contribution in [3.05, 3.63) is 29.4 Å². The molecule has 0 saturated carbocycles. The molecule has 0 radical (unpaired) electrons. The lowest BCUT2D eigenvalue weighted by molar-refractivity contribution is -0.0494. The molecule has 1 aromatic carbocycles. The minimum Gasteiger partial charge on any atom is -0.434 e. The van der Waals surface area contributed by atoms with Gasteiger partial charge in [0.1, 0.15) is 11.4 Å². The van der Waals surface area contributed by atoms with Gasteiger partial charge in [0.05, 0.1) is 11.9 Å². The second kappa shape index (κ2) is 5.62. The lowest BCUT2D eigenvalue weighted by atomic mass is 10.1. The molecule has 9 heteroatoms. The molecule has 19 heavy (non-hydrogen) atoms. The van der Waals surface area contributed by atoms with Crippen LogP contribution in [-0.2, 0) is 0 Å². The van der Waals surface area contributed by atoms with E-state index in [1.807, 2.05) is 0 Å². The molecular formula is C10H7ClF3N3OS. The highest BCUT2D eigenvalue weighted by Gasteiger charge is 2.19. The van der Waals surface area contributed by atoms with Crippen LogP contribution in [0.1, 0.15) is 0 Å². The maximum atomic E-state index is 12.7. The zero-order valence-electron chi connectivity index (χ0n) is 9.19. The van der Waals surface area contributed by atoms with Crippen LogP contribution in [0.4, 0.5) is 18.4 Å². The van der Waals surface area contributed by atoms with Gasteiger partial charge in [0.2, 0.25) is 0 Å². The van der Waals surface area contributed by atoms with Gasteiger partial charge in [0.15, 0.2) is 12.3 Å². The smallest absolute Gasteiger partial charge is 0.387 e. The fourth-order valence-electron chi connectivity index (χ4n) is 1.54. The molecule has 0 amide bonds. The molecule has 4 nitrogen and oxygen atoms in total. The number of aromatic nitrogens is 2. The number of nitrogens with zero attached hydrogens (tertiary/aromatic N) is 2. The molecule has 1 heterocycles. The fraction of sp³-hybridized carbons (Fsp3) is 0.100. The van der Waals surface area contributed by atoms with Gasteiger partial charge in [-0.2, -0.15) is 18.0 Å². The van der Waals surface area contributed by atoms with Crippen molar-refractivity contribution < 1.29 is 17.4 Å². The Hall–Kier alpha value is -1.54. The van der Waals surface area contributed by atoms with Crippen molar-refractivity contribution in [3.63, 3.8) is 0 Å². The molecule has 0 aliphatic heterocycles. The molecule has 2 aromatic rings. The summed E-state index contributed by atoms with van der Waals surface area (Å²) in [6.45, 7) is -3.02. The molecule has 0 unspecified atom stereocenters. The summed E-state index contributed by atoms with van der Waals surface area (Å²) in [5.41, 5.74) is 6.00. The number of benzene rings is 1. The van der Waals surface area contributed by atoms with Crippen LogP contribution in [0.15, 0.2) is 24.4 Å². The second-order valence-corrected chi connectivity index (χ2v) is 4.33. The topological polar surface area (TPSA) is 53.1 Å². The first-order valence-corrected chi connectivity index (χ1v) is 5.95. The number of nitrogen functional groups attached to an aromatic ring is 1. The number of halogens is 4. The van der Waals surface area contributed by atoms with Gasteiger partial charge < -0.3 is 10.5 Å². The van der Waals surface area contributed by atoms with Crippen LogP contribution >= 0.6 is 23.9 Å².